The topological polar surface area (TPSA) is 49.3 Å². The summed E-state index contributed by atoms with van der Waals surface area (Å²) in [5.74, 6) is -0.995. The van der Waals surface area contributed by atoms with E-state index >= 15 is 0 Å². The fourth-order valence-corrected chi connectivity index (χ4v) is 0.979. The van der Waals surface area contributed by atoms with Crippen LogP contribution in [0.25, 0.3) is 0 Å². The smallest absolute Gasteiger partial charge is 0.360 e. The van der Waals surface area contributed by atoms with Crippen LogP contribution in [0, 0.1) is 0 Å². The van der Waals surface area contributed by atoms with E-state index in [1.165, 1.54) is 12.8 Å². The molecule has 0 amide bonds. The van der Waals surface area contributed by atoms with Crippen LogP contribution in [0.1, 0.15) is 32.6 Å². The Kier molecular flexibility index (Phi) is 6.75. The van der Waals surface area contributed by atoms with Gasteiger partial charge >= 0.3 is 5.97 Å². The van der Waals surface area contributed by atoms with Crippen LogP contribution >= 0.6 is 0 Å². The van der Waals surface area contributed by atoms with Crippen molar-refractivity contribution in [1.82, 2.24) is 5.32 Å². The second-order valence-electron chi connectivity index (χ2n) is 2.84. The minimum absolute atomic E-state index is 0.0662. The Morgan fingerprint density at radius 2 is 2.15 bits per heavy atom. The number of carboxylic acids is 1. The summed E-state index contributed by atoms with van der Waals surface area (Å²) in [5, 5.41) is 11.3. The van der Waals surface area contributed by atoms with E-state index in [4.69, 9.17) is 5.11 Å². The summed E-state index contributed by atoms with van der Waals surface area (Å²) < 4.78 is 0. The fourth-order valence-electron chi connectivity index (χ4n) is 0.979. The lowest BCUT2D eigenvalue weighted by atomic mass is 10.2. The van der Waals surface area contributed by atoms with Crippen LogP contribution in [0.2, 0.25) is 0 Å². The van der Waals surface area contributed by atoms with E-state index in [9.17, 15) is 4.79 Å². The number of rotatable bonds is 7. The molecule has 0 aromatic heterocycles. The van der Waals surface area contributed by atoms with Gasteiger partial charge in [-0.25, -0.2) is 4.79 Å². The van der Waals surface area contributed by atoms with E-state index in [0.717, 1.165) is 12.8 Å². The van der Waals surface area contributed by atoms with E-state index in [1.807, 2.05) is 0 Å². The highest BCUT2D eigenvalue weighted by atomic mass is 16.4. The molecule has 0 radical (unpaired) electrons. The predicted octanol–water partition coefficient (Wildman–Crippen LogP) is 1.91. The molecule has 0 fully saturated rings. The molecule has 3 nitrogen and oxygen atoms in total. The van der Waals surface area contributed by atoms with Gasteiger partial charge in [0.05, 0.1) is 0 Å². The van der Waals surface area contributed by atoms with Crippen molar-refractivity contribution in [1.29, 1.82) is 0 Å². The Bertz CT molecular complexity index is 205. The van der Waals surface area contributed by atoms with Gasteiger partial charge < -0.3 is 10.4 Å². The number of hydrogen-bond acceptors (Lipinski definition) is 2. The van der Waals surface area contributed by atoms with Crippen molar-refractivity contribution in [2.24, 2.45) is 0 Å². The van der Waals surface area contributed by atoms with Gasteiger partial charge in [0.2, 0.25) is 0 Å². The van der Waals surface area contributed by atoms with Gasteiger partial charge in [-0.15, -0.1) is 0 Å². The molecular formula is C10H17NO2. The maximum atomic E-state index is 10.4. The Labute approximate surface area is 79.2 Å². The molecule has 3 heteroatoms. The average molecular weight is 183 g/mol. The zero-order chi connectivity index (χ0) is 10.1. The normalized spacial score (nSPS) is 9.00. The number of hydrogen-bond donors (Lipinski definition) is 2. The van der Waals surface area contributed by atoms with Crippen LogP contribution in [0.5, 0.6) is 0 Å². The zero-order valence-electron chi connectivity index (χ0n) is 8.10. The van der Waals surface area contributed by atoms with E-state index < -0.39 is 5.97 Å². The Balaban J connectivity index is 3.52. The van der Waals surface area contributed by atoms with Crippen molar-refractivity contribution in [3.63, 3.8) is 0 Å². The fraction of sp³-hybridized carbons (Fsp3) is 0.600. The third kappa shape index (κ3) is 6.00. The van der Waals surface area contributed by atoms with Gasteiger partial charge in [0.1, 0.15) is 0 Å². The maximum absolute atomic E-state index is 10.4. The summed E-state index contributed by atoms with van der Waals surface area (Å²) in [7, 11) is 0. The number of nitrogens with one attached hydrogen (secondary N) is 1. The molecule has 0 aromatic carbocycles. The van der Waals surface area contributed by atoms with Crippen molar-refractivity contribution < 1.29 is 9.90 Å². The van der Waals surface area contributed by atoms with Crippen LogP contribution in [0.4, 0.5) is 0 Å². The van der Waals surface area contributed by atoms with E-state index in [-0.39, 0.29) is 5.70 Å². The zero-order valence-corrected chi connectivity index (χ0v) is 8.10. The van der Waals surface area contributed by atoms with Crippen molar-refractivity contribution in [2.45, 2.75) is 32.6 Å². The monoisotopic (exact) mass is 183 g/mol. The third-order valence-corrected chi connectivity index (χ3v) is 1.72. The highest BCUT2D eigenvalue weighted by Gasteiger charge is 2.03. The standard InChI is InChI=1S/C10H17NO2/c1-3-5-6-7-8-11-9(4-2)10(12)13/h11H,2-3,5-8H2,1H3,(H,12,13). The molecule has 0 aliphatic rings. The number of carbonyl (C=O) groups is 1. The second-order valence-corrected chi connectivity index (χ2v) is 2.84. The van der Waals surface area contributed by atoms with E-state index in [1.54, 1.807) is 0 Å². The molecule has 0 unspecified atom stereocenters. The molecule has 74 valence electrons. The summed E-state index contributed by atoms with van der Waals surface area (Å²) in [6.45, 7) is 6.12. The molecule has 0 heterocycles. The van der Waals surface area contributed by atoms with Gasteiger partial charge in [0.15, 0.2) is 5.70 Å². The molecule has 2 N–H and O–H groups in total. The van der Waals surface area contributed by atoms with Gasteiger partial charge in [-0.1, -0.05) is 38.5 Å². The molecule has 0 aromatic rings. The lowest BCUT2D eigenvalue weighted by Crippen LogP contribution is -2.20. The Hall–Kier alpha value is -1.21. The number of carboxylic acid groups (broad SMARTS) is 1. The Morgan fingerprint density at radius 3 is 2.62 bits per heavy atom. The highest BCUT2D eigenvalue weighted by molar-refractivity contribution is 5.85. The lowest BCUT2D eigenvalue weighted by Gasteiger charge is -2.03. The maximum Gasteiger partial charge on any atom is 0.360 e. The van der Waals surface area contributed by atoms with Gasteiger partial charge in [-0.05, 0) is 6.42 Å². The van der Waals surface area contributed by atoms with Gasteiger partial charge in [-0.2, -0.15) is 0 Å². The first kappa shape index (κ1) is 11.8. The first-order valence-electron chi connectivity index (χ1n) is 4.59. The summed E-state index contributed by atoms with van der Waals surface area (Å²) >= 11 is 0. The summed E-state index contributed by atoms with van der Waals surface area (Å²) in [5.41, 5.74) is 2.41. The quantitative estimate of drug-likeness (QED) is 0.360. The van der Waals surface area contributed by atoms with Gasteiger partial charge in [0.25, 0.3) is 0 Å². The average Bonchev–Trinajstić information content (AvgIpc) is 2.10. The number of unbranched alkanes of at least 4 members (excludes halogenated alkanes) is 3. The van der Waals surface area contributed by atoms with E-state index in [2.05, 4.69) is 24.6 Å². The molecule has 13 heavy (non-hydrogen) atoms. The van der Waals surface area contributed by atoms with Crippen LogP contribution in [-0.2, 0) is 4.79 Å². The van der Waals surface area contributed by atoms with Crippen LogP contribution < -0.4 is 5.32 Å². The van der Waals surface area contributed by atoms with Crippen LogP contribution in [0.3, 0.4) is 0 Å². The molecule has 0 saturated heterocycles. The molecule has 0 aliphatic heterocycles. The highest BCUT2D eigenvalue weighted by Crippen LogP contribution is 1.97. The van der Waals surface area contributed by atoms with Crippen molar-refractivity contribution in [3.8, 4) is 0 Å². The first-order valence-corrected chi connectivity index (χ1v) is 4.59. The predicted molar refractivity (Wildman–Crippen MR) is 52.4 cm³/mol. The van der Waals surface area contributed by atoms with Crippen LogP contribution in [0.15, 0.2) is 18.0 Å². The lowest BCUT2D eigenvalue weighted by molar-refractivity contribution is -0.133. The molecule has 0 atom stereocenters. The summed E-state index contributed by atoms with van der Waals surface area (Å²) in [4.78, 5) is 10.4. The van der Waals surface area contributed by atoms with Crippen molar-refractivity contribution in [2.75, 3.05) is 6.54 Å². The van der Waals surface area contributed by atoms with Crippen molar-refractivity contribution >= 4 is 5.97 Å². The summed E-state index contributed by atoms with van der Waals surface area (Å²) in [6.07, 6.45) is 4.50. The molecule has 0 bridgehead atoms. The molecular weight excluding hydrogens is 166 g/mol. The SMILES string of the molecule is C=C=C(NCCCCCC)C(=O)O. The third-order valence-electron chi connectivity index (χ3n) is 1.72. The minimum atomic E-state index is -0.995. The second kappa shape index (κ2) is 7.44. The summed E-state index contributed by atoms with van der Waals surface area (Å²) in [6, 6.07) is 0. The largest absolute Gasteiger partial charge is 0.476 e. The first-order chi connectivity index (χ1) is 6.22. The minimum Gasteiger partial charge on any atom is -0.476 e. The van der Waals surface area contributed by atoms with Gasteiger partial charge in [-0.3, -0.25) is 0 Å². The van der Waals surface area contributed by atoms with Crippen LogP contribution in [-0.4, -0.2) is 17.6 Å². The molecule has 0 rings (SSSR count). The molecule has 0 spiro atoms. The van der Waals surface area contributed by atoms with E-state index in [0.29, 0.717) is 6.54 Å². The molecule has 0 aliphatic carbocycles. The number of aliphatic carboxylic acids is 1. The molecule has 0 saturated carbocycles. The van der Waals surface area contributed by atoms with Crippen molar-refractivity contribution in [3.05, 3.63) is 18.0 Å². The van der Waals surface area contributed by atoms with Gasteiger partial charge in [0, 0.05) is 6.54 Å². The Morgan fingerprint density at radius 1 is 1.46 bits per heavy atom.